The first-order valence-electron chi connectivity index (χ1n) is 0.998. The van der Waals surface area contributed by atoms with Gasteiger partial charge in [0.1, 0.15) is 0 Å². The summed E-state index contributed by atoms with van der Waals surface area (Å²) in [5, 5.41) is 0. The fraction of sp³-hybridized carbons (Fsp3) is 0. The number of hydrogen-bond donors (Lipinski definition) is 0. The summed E-state index contributed by atoms with van der Waals surface area (Å²) in [5.74, 6) is -0.532. The summed E-state index contributed by atoms with van der Waals surface area (Å²) in [6.07, 6.45) is 0. The summed E-state index contributed by atoms with van der Waals surface area (Å²) in [5.41, 5.74) is 0. The minimum absolute atomic E-state index is 0. The summed E-state index contributed by atoms with van der Waals surface area (Å²) in [6, 6.07) is 0. The van der Waals surface area contributed by atoms with Crippen LogP contribution in [0.1, 0.15) is 0 Å². The number of hydrogen-bond acceptors (Lipinski definition) is 2. The Morgan fingerprint density at radius 3 is 0.571 bits per heavy atom. The van der Waals surface area contributed by atoms with Crippen molar-refractivity contribution in [2.45, 2.75) is 0 Å². The molecule has 0 aromatic carbocycles. The molecule has 1 atom stereocenters. The van der Waals surface area contributed by atoms with Gasteiger partial charge in [0.05, 0.1) is 9.47 Å². The van der Waals surface area contributed by atoms with Crippen molar-refractivity contribution < 1.29 is 533 Å². The van der Waals surface area contributed by atoms with Crippen molar-refractivity contribution in [1.29, 1.82) is 0 Å². The van der Waals surface area contributed by atoms with E-state index in [1.165, 1.54) is 0 Å². The molecule has 0 amide bonds. The molecule has 0 bridgehead atoms. The van der Waals surface area contributed by atoms with Gasteiger partial charge in [-0.05, 0) is 0 Å². The average Bonchev–Trinajstić information content (AvgIpc) is 1.38. The van der Waals surface area contributed by atoms with Gasteiger partial charge < -0.3 is 4.52 Å². The van der Waals surface area contributed by atoms with Crippen LogP contribution in [0.3, 0.4) is 0 Å². The normalized spacial score (nSPS) is 1.57. The molecule has 21 heavy (non-hydrogen) atoms. The van der Waals surface area contributed by atoms with Gasteiger partial charge in [-0.2, -0.15) is 0 Å². The Morgan fingerprint density at radius 1 is 0.524 bits per heavy atom. The smallest absolute Gasteiger partial charge is 0.167 e. The van der Waals surface area contributed by atoms with Crippen molar-refractivity contribution in [3.05, 3.63) is 6.92 Å². The maximum Gasteiger partial charge on any atom is 0.167 e. The molecule has 0 aliphatic rings. The second-order valence-corrected chi connectivity index (χ2v) is 0.726. The first kappa shape index (κ1) is 117. The van der Waals surface area contributed by atoms with Crippen molar-refractivity contribution in [1.82, 2.24) is 0 Å². The largest absolute Gasteiger partial charge is 0.475 e. The molecule has 78 valence electrons. The summed E-state index contributed by atoms with van der Waals surface area (Å²) < 4.78 is 3.92. The molecule has 0 aliphatic carbocycles. The molecule has 1 unspecified atom stereocenters. The summed E-state index contributed by atoms with van der Waals surface area (Å²) in [6.45, 7) is 2.88. The van der Waals surface area contributed by atoms with E-state index in [2.05, 4.69) is 11.4 Å². The molecule has 0 aromatic heterocycles. The average molecular weight is 1510 g/mol. The molecular weight excluding hydrogens is 1510 g/mol. The van der Waals surface area contributed by atoms with Crippen molar-refractivity contribution in [2.24, 2.45) is 0 Å². The third-order valence-electron chi connectivity index (χ3n) is 0.131. The predicted molar refractivity (Wildman–Crippen MR) is 21.2 cm³/mol. The van der Waals surface area contributed by atoms with Crippen LogP contribution >= 0.6 is 9.47 Å². The van der Waals surface area contributed by atoms with Gasteiger partial charge in [0.2, 0.25) is 0 Å². The van der Waals surface area contributed by atoms with E-state index in [0.29, 0.717) is 0 Å². The molecule has 0 saturated heterocycles. The van der Waals surface area contributed by atoms with Gasteiger partial charge in [-0.15, -0.1) is 0 Å². The first-order chi connectivity index (χ1) is 2.27. The maximum atomic E-state index is 9.46. The van der Waals surface area contributed by atoms with E-state index in [9.17, 15) is 4.79 Å². The van der Waals surface area contributed by atoms with Crippen molar-refractivity contribution in [3.8, 4) is 0 Å². The molecule has 0 saturated carbocycles. The molecule has 0 aromatic rings. The number of carbonyl (C=O) groups excluding carboxylic acids is 1. The maximum absolute atomic E-state index is 9.46. The van der Waals surface area contributed by atoms with Gasteiger partial charge in [-0.3, -0.25) is 11.7 Å². The molecule has 0 N–H and O–H groups in total. The third kappa shape index (κ3) is 124. The van der Waals surface area contributed by atoms with Gasteiger partial charge in [-0.1, -0.05) is 0 Å². The van der Waals surface area contributed by atoms with Gasteiger partial charge in [0.15, 0.2) is 5.97 Å². The van der Waals surface area contributed by atoms with Crippen LogP contribution in [0.25, 0.3) is 0 Å². The third-order valence-corrected chi connectivity index (χ3v) is 0.394. The quantitative estimate of drug-likeness (QED) is 0.255. The van der Waals surface area contributed by atoms with E-state index >= 15 is 0 Å². The van der Waals surface area contributed by atoms with Crippen LogP contribution in [-0.2, 0) is 533 Å². The van der Waals surface area contributed by atoms with Crippen LogP contribution in [0, 0.1) is 6.92 Å². The van der Waals surface area contributed by atoms with Crippen molar-refractivity contribution >= 4 is 15.4 Å². The van der Waals surface area contributed by atoms with Crippen LogP contribution in [0.15, 0.2) is 0 Å². The van der Waals surface area contributed by atoms with Crippen LogP contribution in [0.2, 0.25) is 0 Å². The van der Waals surface area contributed by atoms with E-state index in [4.69, 9.17) is 0 Å². The van der Waals surface area contributed by atoms with Crippen LogP contribution in [0.4, 0.5) is 0 Å². The molecule has 19 heteroatoms. The molecule has 0 aliphatic heterocycles. The zero-order chi connectivity index (χ0) is 4.28. The standard InChI is InChI=1S/C2H4O2P.16Y/c1-2(3)4-5;;;;;;;;;;;;;;;;/h1,5H2;;;;;;;;;;;;;;;;/q-1;;;;;;;;;;;;;;;;. The summed E-state index contributed by atoms with van der Waals surface area (Å²) in [7, 11) is 1.78. The Labute approximate surface area is 535 Å². The fourth-order valence-corrected chi connectivity index (χ4v) is 0. The van der Waals surface area contributed by atoms with Gasteiger partial charge in [-0.25, -0.2) is 0 Å². The monoisotopic (exact) mass is 1510 g/mol. The molecular formula is C2H4O2PY16-. The molecule has 0 fully saturated rings. The van der Waals surface area contributed by atoms with E-state index in [1.807, 2.05) is 0 Å². The molecule has 2 nitrogen and oxygen atoms in total. The topological polar surface area (TPSA) is 26.3 Å². The van der Waals surface area contributed by atoms with Gasteiger partial charge >= 0.3 is 0 Å². The predicted octanol–water partition coefficient (Wildman–Crippen LogP) is 0.114. The van der Waals surface area contributed by atoms with E-state index in [0.717, 1.165) is 0 Å². The number of carbonyl (C=O) groups is 1. The molecule has 0 spiro atoms. The van der Waals surface area contributed by atoms with E-state index in [1.54, 1.807) is 9.47 Å². The second-order valence-electron chi connectivity index (χ2n) is 0.490. The Morgan fingerprint density at radius 2 is 0.571 bits per heavy atom. The zero-order valence-electron chi connectivity index (χ0n) is 11.8. The van der Waals surface area contributed by atoms with Gasteiger partial charge in [0, 0.05) is 523 Å². The Balaban J connectivity index is -0.000000000667. The first-order valence-corrected chi connectivity index (χ1v) is 1.47. The summed E-state index contributed by atoms with van der Waals surface area (Å²) in [4.78, 5) is 9.46. The molecule has 0 heterocycles. The van der Waals surface area contributed by atoms with Gasteiger partial charge in [0.25, 0.3) is 0 Å². The Kier molecular flexibility index (Phi) is 604. The Hall–Kier alpha value is 17.4. The minimum atomic E-state index is -0.532. The Bertz CT molecular complexity index is 59.5. The summed E-state index contributed by atoms with van der Waals surface area (Å²) >= 11 is 0. The van der Waals surface area contributed by atoms with E-state index < -0.39 is 5.97 Å². The van der Waals surface area contributed by atoms with Crippen LogP contribution in [0.5, 0.6) is 0 Å². The van der Waals surface area contributed by atoms with Crippen LogP contribution in [-0.4, -0.2) is 5.97 Å². The number of rotatable bonds is 0. The zero-order valence-corrected chi connectivity index (χ0v) is 58.4. The minimum Gasteiger partial charge on any atom is -0.475 e. The molecule has 16 radical (unpaired) electrons. The molecule has 0 rings (SSSR count). The van der Waals surface area contributed by atoms with E-state index in [-0.39, 0.29) is 523 Å². The van der Waals surface area contributed by atoms with Crippen molar-refractivity contribution in [3.63, 3.8) is 0 Å². The van der Waals surface area contributed by atoms with Crippen LogP contribution < -0.4 is 0 Å². The second kappa shape index (κ2) is 108. The fourth-order valence-electron chi connectivity index (χ4n) is 0. The SMILES string of the molecule is [CH2-]C(=O)OP.[Y].[Y].[Y].[Y].[Y].[Y].[Y].[Y].[Y].[Y].[Y].[Y].[Y].[Y].[Y].[Y]. The van der Waals surface area contributed by atoms with Crippen molar-refractivity contribution in [2.75, 3.05) is 0 Å².